The van der Waals surface area contributed by atoms with E-state index in [1.54, 1.807) is 0 Å². The van der Waals surface area contributed by atoms with Crippen LogP contribution < -0.4 is 0 Å². The lowest BCUT2D eigenvalue weighted by Gasteiger charge is -2.14. The molecule has 3 nitrogen and oxygen atoms in total. The third-order valence-electron chi connectivity index (χ3n) is 9.78. The Morgan fingerprint density at radius 1 is 0.500 bits per heavy atom. The molecule has 3 heterocycles. The van der Waals surface area contributed by atoms with Gasteiger partial charge in [0.15, 0.2) is 0 Å². The van der Waals surface area contributed by atoms with Gasteiger partial charge in [0.1, 0.15) is 5.65 Å². The second-order valence-electron chi connectivity index (χ2n) is 12.3. The van der Waals surface area contributed by atoms with Crippen LogP contribution in [0.2, 0.25) is 0 Å². The quantitative estimate of drug-likeness (QED) is 0.189. The Balaban J connectivity index is 1.04. The third-order valence-corrected chi connectivity index (χ3v) is 9.78. The molecule has 0 saturated carbocycles. The fraction of sp³-hybridized carbons (Fsp3) is 0.0465. The molecule has 0 N–H and O–H groups in total. The van der Waals surface area contributed by atoms with E-state index in [1.807, 2.05) is 0 Å². The molecule has 1 aliphatic carbocycles. The molecule has 6 aromatic carbocycles. The van der Waals surface area contributed by atoms with Gasteiger partial charge in [-0.15, -0.1) is 0 Å². The zero-order chi connectivity index (χ0) is 30.2. The Morgan fingerprint density at radius 3 is 1.93 bits per heavy atom. The van der Waals surface area contributed by atoms with Crippen molar-refractivity contribution >= 4 is 55.3 Å². The van der Waals surface area contributed by atoms with Gasteiger partial charge in [-0.2, -0.15) is 0 Å². The summed E-state index contributed by atoms with van der Waals surface area (Å²) in [6.45, 7) is 0. The summed E-state index contributed by atoms with van der Waals surface area (Å²) in [6.07, 6.45) is 6.75. The van der Waals surface area contributed by atoms with Gasteiger partial charge < -0.3 is 4.57 Å². The third kappa shape index (κ3) is 3.69. The first kappa shape index (κ1) is 25.4. The Labute approximate surface area is 266 Å². The zero-order valence-corrected chi connectivity index (χ0v) is 25.2. The minimum atomic E-state index is 1.00. The lowest BCUT2D eigenvalue weighted by atomic mass is 9.97. The highest BCUT2D eigenvalue weighted by atomic mass is 15.0. The van der Waals surface area contributed by atoms with Gasteiger partial charge in [0.05, 0.1) is 22.1 Å². The molecule has 0 aliphatic heterocycles. The second-order valence-corrected chi connectivity index (χ2v) is 12.3. The van der Waals surface area contributed by atoms with Crippen molar-refractivity contribution in [2.45, 2.75) is 12.8 Å². The monoisotopic (exact) mass is 587 g/mol. The molecule has 3 aromatic heterocycles. The maximum atomic E-state index is 5.11. The minimum absolute atomic E-state index is 1.00. The summed E-state index contributed by atoms with van der Waals surface area (Å²) >= 11 is 0. The number of aromatic nitrogens is 3. The Kier molecular flexibility index (Phi) is 5.40. The Bertz CT molecular complexity index is 2670. The van der Waals surface area contributed by atoms with E-state index in [0.29, 0.717) is 0 Å². The van der Waals surface area contributed by atoms with Crippen LogP contribution in [-0.2, 0) is 6.42 Å². The number of pyridine rings is 1. The number of para-hydroxylation sites is 4. The van der Waals surface area contributed by atoms with E-state index in [1.165, 1.54) is 71.8 Å². The molecule has 0 spiro atoms. The smallest absolute Gasteiger partial charge is 0.146 e. The van der Waals surface area contributed by atoms with Crippen molar-refractivity contribution in [2.24, 2.45) is 0 Å². The van der Waals surface area contributed by atoms with Gasteiger partial charge in [0.2, 0.25) is 0 Å². The molecule has 0 bridgehead atoms. The summed E-state index contributed by atoms with van der Waals surface area (Å²) < 4.78 is 4.76. The maximum Gasteiger partial charge on any atom is 0.146 e. The molecule has 1 aliphatic rings. The molecule has 0 radical (unpaired) electrons. The van der Waals surface area contributed by atoms with E-state index in [0.717, 1.165) is 29.5 Å². The summed E-state index contributed by atoms with van der Waals surface area (Å²) in [5.74, 6) is 0. The van der Waals surface area contributed by atoms with Crippen LogP contribution in [0.4, 0.5) is 0 Å². The number of hydrogen-bond donors (Lipinski definition) is 0. The van der Waals surface area contributed by atoms with E-state index >= 15 is 0 Å². The molecule has 0 atom stereocenters. The topological polar surface area (TPSA) is 22.2 Å². The first-order valence-electron chi connectivity index (χ1n) is 16.0. The van der Waals surface area contributed by atoms with Crippen LogP contribution in [0.25, 0.3) is 83.3 Å². The van der Waals surface area contributed by atoms with Gasteiger partial charge in [0, 0.05) is 33.1 Å². The van der Waals surface area contributed by atoms with E-state index in [-0.39, 0.29) is 0 Å². The van der Waals surface area contributed by atoms with Crippen molar-refractivity contribution in [1.29, 1.82) is 0 Å². The number of allylic oxidation sites excluding steroid dienone is 1. The van der Waals surface area contributed by atoms with Gasteiger partial charge in [0.25, 0.3) is 0 Å². The minimum Gasteiger partial charge on any atom is -0.313 e. The highest BCUT2D eigenvalue weighted by Gasteiger charge is 2.18. The Morgan fingerprint density at radius 2 is 1.13 bits per heavy atom. The first-order chi connectivity index (χ1) is 22.8. The van der Waals surface area contributed by atoms with Crippen LogP contribution in [0.15, 0.2) is 146 Å². The van der Waals surface area contributed by atoms with E-state index in [9.17, 15) is 0 Å². The molecule has 0 unspecified atom stereocenters. The zero-order valence-electron chi connectivity index (χ0n) is 25.2. The van der Waals surface area contributed by atoms with Crippen molar-refractivity contribution in [3.8, 4) is 27.9 Å². The molecule has 0 fully saturated rings. The van der Waals surface area contributed by atoms with Gasteiger partial charge in [-0.3, -0.25) is 4.40 Å². The van der Waals surface area contributed by atoms with Crippen LogP contribution in [-0.4, -0.2) is 14.0 Å². The van der Waals surface area contributed by atoms with Gasteiger partial charge in [-0.1, -0.05) is 109 Å². The Hall–Kier alpha value is -5.93. The number of hydrogen-bond acceptors (Lipinski definition) is 1. The first-order valence-corrected chi connectivity index (χ1v) is 16.0. The predicted molar refractivity (Wildman–Crippen MR) is 193 cm³/mol. The highest BCUT2D eigenvalue weighted by Crippen LogP contribution is 2.37. The number of imidazole rings is 1. The summed E-state index contributed by atoms with van der Waals surface area (Å²) in [6, 6.07) is 50.7. The van der Waals surface area contributed by atoms with Crippen molar-refractivity contribution in [1.82, 2.24) is 14.0 Å². The SMILES string of the molecule is C1=Cc2c(n(-c3ccc(-c4ccc(-c5ccc6c7ccccc7n7c8ccccc8nc7c6c5)cc4)cc3)c3ccccc23)CC1. The molecular weight excluding hydrogens is 558 g/mol. The van der Waals surface area contributed by atoms with Crippen LogP contribution in [0.1, 0.15) is 17.7 Å². The van der Waals surface area contributed by atoms with Crippen LogP contribution in [0.5, 0.6) is 0 Å². The highest BCUT2D eigenvalue weighted by molar-refractivity contribution is 6.14. The second kappa shape index (κ2) is 9.79. The van der Waals surface area contributed by atoms with E-state index < -0.39 is 0 Å². The summed E-state index contributed by atoms with van der Waals surface area (Å²) in [7, 11) is 0. The van der Waals surface area contributed by atoms with Gasteiger partial charge >= 0.3 is 0 Å². The number of nitrogens with zero attached hydrogens (tertiary/aromatic N) is 3. The van der Waals surface area contributed by atoms with Crippen LogP contribution in [0.3, 0.4) is 0 Å². The molecule has 0 saturated heterocycles. The van der Waals surface area contributed by atoms with Gasteiger partial charge in [-0.25, -0.2) is 4.98 Å². The molecule has 0 amide bonds. The van der Waals surface area contributed by atoms with Crippen molar-refractivity contribution in [3.63, 3.8) is 0 Å². The lowest BCUT2D eigenvalue weighted by molar-refractivity contribution is 0.888. The fourth-order valence-corrected chi connectivity index (χ4v) is 7.61. The average Bonchev–Trinajstić information content (AvgIpc) is 3.69. The maximum absolute atomic E-state index is 5.11. The molecule has 46 heavy (non-hydrogen) atoms. The molecule has 10 rings (SSSR count). The van der Waals surface area contributed by atoms with Crippen LogP contribution in [0, 0.1) is 0 Å². The van der Waals surface area contributed by atoms with Crippen molar-refractivity contribution < 1.29 is 0 Å². The normalized spacial score (nSPS) is 13.0. The van der Waals surface area contributed by atoms with Gasteiger partial charge in [-0.05, 0) is 82.9 Å². The van der Waals surface area contributed by atoms with Crippen LogP contribution >= 0.6 is 0 Å². The summed E-state index contributed by atoms with van der Waals surface area (Å²) in [5.41, 5.74) is 14.4. The molecule has 9 aromatic rings. The molecular formula is C43H29N3. The standard InChI is InChI=1S/C43H29N3/c1-7-15-41-34(9-1)33-26-23-31(27-37(33)43-44-38-12-4-8-16-42(38)46(41)43)30-19-17-28(18-20-30)29-21-24-32(25-22-29)45-39-13-5-2-10-35(39)36-11-3-6-14-40(36)45/h1-5,7-13,15-27H,6,14H2. The number of fused-ring (bicyclic) bond motifs is 11. The summed E-state index contributed by atoms with van der Waals surface area (Å²) in [4.78, 5) is 5.11. The largest absolute Gasteiger partial charge is 0.313 e. The van der Waals surface area contributed by atoms with E-state index in [4.69, 9.17) is 4.98 Å². The van der Waals surface area contributed by atoms with Crippen molar-refractivity contribution in [2.75, 3.05) is 0 Å². The average molecular weight is 588 g/mol. The van der Waals surface area contributed by atoms with Crippen molar-refractivity contribution in [3.05, 3.63) is 157 Å². The summed E-state index contributed by atoms with van der Waals surface area (Å²) in [5, 5.41) is 4.97. The molecule has 3 heteroatoms. The van der Waals surface area contributed by atoms with E-state index in [2.05, 4.69) is 161 Å². The number of benzene rings is 6. The number of rotatable bonds is 3. The molecule has 216 valence electrons. The fourth-order valence-electron chi connectivity index (χ4n) is 7.61. The lowest BCUT2D eigenvalue weighted by Crippen LogP contribution is -2.02. The predicted octanol–water partition coefficient (Wildman–Crippen LogP) is 11.0.